The lowest BCUT2D eigenvalue weighted by Crippen LogP contribution is -2.45. The summed E-state index contributed by atoms with van der Waals surface area (Å²) in [6, 6.07) is 9.23. The van der Waals surface area contributed by atoms with Crippen LogP contribution in [0.15, 0.2) is 47.1 Å². The fourth-order valence-corrected chi connectivity index (χ4v) is 7.67. The maximum Gasteiger partial charge on any atom is 0.156 e. The van der Waals surface area contributed by atoms with Crippen LogP contribution in [0.2, 0.25) is 0 Å². The highest BCUT2D eigenvalue weighted by atomic mass is 16.5. The second kappa shape index (κ2) is 10.7. The van der Waals surface area contributed by atoms with E-state index >= 15 is 0 Å². The predicted octanol–water partition coefficient (Wildman–Crippen LogP) is 6.45. The van der Waals surface area contributed by atoms with Gasteiger partial charge in [-0.05, 0) is 111 Å². The van der Waals surface area contributed by atoms with Gasteiger partial charge in [-0.25, -0.2) is 0 Å². The lowest BCUT2D eigenvalue weighted by molar-refractivity contribution is -0.114. The molecule has 0 bridgehead atoms. The Bertz CT molecular complexity index is 1140. The standard InChI is InChI=1S/C28H35NO3.C6H10/c1-28-17-24(18-2-5-20(6-3-18)29-12-14-32-15-13-29)27-22-9-7-21(30)16-19(22)4-8-23(27)25(28)10-11-26(28)31;1-5-6(2,3)4/h2-3,5-6,16,23-26,31H,4,7-15,17H2,1H3;1H,2-4H3. The first-order valence-electron chi connectivity index (χ1n) is 14.7. The van der Waals surface area contributed by atoms with E-state index in [2.05, 4.69) is 42.0 Å². The molecule has 0 aromatic heterocycles. The molecular weight excluding hydrogens is 470 g/mol. The number of anilines is 1. The van der Waals surface area contributed by atoms with Crippen molar-refractivity contribution in [3.05, 3.63) is 52.6 Å². The Morgan fingerprint density at radius 1 is 1.05 bits per heavy atom. The molecule has 5 unspecified atom stereocenters. The zero-order chi connectivity index (χ0) is 27.1. The Balaban J connectivity index is 0.000000443. The third-order valence-electron chi connectivity index (χ3n) is 9.79. The SMILES string of the molecule is C#CC(C)(C)C.CC12CC(c3ccc(N4CCOCC4)cc3)C3=C4CCC(=O)C=C4CCC3C1CCC2O. The first-order valence-corrected chi connectivity index (χ1v) is 14.7. The van der Waals surface area contributed by atoms with Gasteiger partial charge in [0.1, 0.15) is 0 Å². The number of hydrogen-bond acceptors (Lipinski definition) is 4. The number of ketones is 1. The van der Waals surface area contributed by atoms with Gasteiger partial charge in [0.05, 0.1) is 19.3 Å². The third kappa shape index (κ3) is 5.25. The van der Waals surface area contributed by atoms with E-state index in [1.807, 2.05) is 26.8 Å². The number of allylic oxidation sites excluding steroid dienone is 4. The summed E-state index contributed by atoms with van der Waals surface area (Å²) < 4.78 is 5.52. The molecule has 6 rings (SSSR count). The number of nitrogens with zero attached hydrogens (tertiary/aromatic N) is 1. The van der Waals surface area contributed by atoms with Crippen molar-refractivity contribution in [1.29, 1.82) is 0 Å². The summed E-state index contributed by atoms with van der Waals surface area (Å²) in [5, 5.41) is 11.0. The molecule has 2 saturated carbocycles. The van der Waals surface area contributed by atoms with Gasteiger partial charge in [0.2, 0.25) is 0 Å². The molecule has 4 heteroatoms. The van der Waals surface area contributed by atoms with E-state index in [-0.39, 0.29) is 16.9 Å². The third-order valence-corrected chi connectivity index (χ3v) is 9.79. The Morgan fingerprint density at radius 2 is 1.74 bits per heavy atom. The largest absolute Gasteiger partial charge is 0.393 e. The normalized spacial score (nSPS) is 32.8. The number of morpholine rings is 1. The molecule has 4 aliphatic carbocycles. The average Bonchev–Trinajstić information content (AvgIpc) is 3.22. The van der Waals surface area contributed by atoms with Gasteiger partial charge in [-0.2, -0.15) is 0 Å². The van der Waals surface area contributed by atoms with Crippen LogP contribution in [0, 0.1) is 35.0 Å². The quantitative estimate of drug-likeness (QED) is 0.460. The number of aliphatic hydroxyl groups excluding tert-OH is 1. The van der Waals surface area contributed by atoms with E-state index in [1.54, 1.807) is 5.57 Å². The highest BCUT2D eigenvalue weighted by molar-refractivity contribution is 5.93. The molecule has 204 valence electrons. The van der Waals surface area contributed by atoms with Crippen molar-refractivity contribution in [1.82, 2.24) is 0 Å². The van der Waals surface area contributed by atoms with Crippen LogP contribution in [-0.4, -0.2) is 43.3 Å². The number of aliphatic hydroxyl groups is 1. The van der Waals surface area contributed by atoms with Crippen molar-refractivity contribution in [2.45, 2.75) is 84.7 Å². The van der Waals surface area contributed by atoms with E-state index in [0.29, 0.717) is 30.0 Å². The number of benzene rings is 1. The van der Waals surface area contributed by atoms with Crippen molar-refractivity contribution in [2.24, 2.45) is 22.7 Å². The molecule has 3 fully saturated rings. The lowest BCUT2D eigenvalue weighted by atomic mass is 9.53. The van der Waals surface area contributed by atoms with Crippen LogP contribution in [0.3, 0.4) is 0 Å². The van der Waals surface area contributed by atoms with E-state index < -0.39 is 0 Å². The molecule has 1 N–H and O–H groups in total. The summed E-state index contributed by atoms with van der Waals surface area (Å²) in [5.74, 6) is 4.37. The van der Waals surface area contributed by atoms with E-state index in [0.717, 1.165) is 64.8 Å². The summed E-state index contributed by atoms with van der Waals surface area (Å²) in [7, 11) is 0. The molecule has 0 radical (unpaired) electrons. The van der Waals surface area contributed by atoms with Crippen LogP contribution < -0.4 is 4.90 Å². The van der Waals surface area contributed by atoms with Gasteiger partial charge in [-0.3, -0.25) is 4.79 Å². The van der Waals surface area contributed by atoms with Gasteiger partial charge in [0.15, 0.2) is 5.78 Å². The first-order chi connectivity index (χ1) is 18.1. The van der Waals surface area contributed by atoms with Gasteiger partial charge in [-0.15, -0.1) is 12.3 Å². The minimum atomic E-state index is -0.195. The van der Waals surface area contributed by atoms with Crippen LogP contribution in [0.4, 0.5) is 5.69 Å². The van der Waals surface area contributed by atoms with Crippen molar-refractivity contribution < 1.29 is 14.6 Å². The van der Waals surface area contributed by atoms with Crippen LogP contribution >= 0.6 is 0 Å². The maximum absolute atomic E-state index is 12.1. The van der Waals surface area contributed by atoms with E-state index in [9.17, 15) is 9.90 Å². The molecule has 1 aromatic carbocycles. The number of terminal acetylenes is 1. The number of carbonyl (C=O) groups is 1. The minimum absolute atomic E-state index is 0.00597. The van der Waals surface area contributed by atoms with Gasteiger partial charge in [0.25, 0.3) is 0 Å². The molecule has 1 aliphatic heterocycles. The summed E-state index contributed by atoms with van der Waals surface area (Å²) in [5.41, 5.74) is 7.14. The highest BCUT2D eigenvalue weighted by Crippen LogP contribution is 2.63. The van der Waals surface area contributed by atoms with Gasteiger partial charge in [-0.1, -0.05) is 24.6 Å². The van der Waals surface area contributed by atoms with Crippen LogP contribution in [0.5, 0.6) is 0 Å². The Kier molecular flexibility index (Phi) is 7.64. The fourth-order valence-electron chi connectivity index (χ4n) is 7.67. The smallest absolute Gasteiger partial charge is 0.156 e. The molecule has 1 saturated heterocycles. The Hall–Kier alpha value is -2.35. The van der Waals surface area contributed by atoms with E-state index in [1.165, 1.54) is 22.4 Å². The zero-order valence-corrected chi connectivity index (χ0v) is 23.8. The van der Waals surface area contributed by atoms with Crippen molar-refractivity contribution in [2.75, 3.05) is 31.2 Å². The molecule has 4 nitrogen and oxygen atoms in total. The second-order valence-corrected chi connectivity index (χ2v) is 13.3. The molecule has 0 spiro atoms. The van der Waals surface area contributed by atoms with Crippen molar-refractivity contribution in [3.63, 3.8) is 0 Å². The van der Waals surface area contributed by atoms with Gasteiger partial charge >= 0.3 is 0 Å². The monoisotopic (exact) mass is 515 g/mol. The van der Waals surface area contributed by atoms with Crippen molar-refractivity contribution >= 4 is 11.5 Å². The number of rotatable bonds is 2. The van der Waals surface area contributed by atoms with Crippen LogP contribution in [-0.2, 0) is 9.53 Å². The topological polar surface area (TPSA) is 49.8 Å². The van der Waals surface area contributed by atoms with E-state index in [4.69, 9.17) is 11.2 Å². The molecule has 5 atom stereocenters. The maximum atomic E-state index is 12.1. The Labute approximate surface area is 229 Å². The number of fused-ring (bicyclic) bond motifs is 4. The number of carbonyl (C=O) groups excluding carboxylic acids is 1. The predicted molar refractivity (Wildman–Crippen MR) is 154 cm³/mol. The van der Waals surface area contributed by atoms with Gasteiger partial charge < -0.3 is 14.7 Å². The molecule has 1 aromatic rings. The van der Waals surface area contributed by atoms with Crippen LogP contribution in [0.1, 0.15) is 84.1 Å². The minimum Gasteiger partial charge on any atom is -0.393 e. The first kappa shape index (κ1) is 27.2. The lowest BCUT2D eigenvalue weighted by Gasteiger charge is -2.52. The average molecular weight is 516 g/mol. The molecule has 38 heavy (non-hydrogen) atoms. The Morgan fingerprint density at radius 3 is 2.39 bits per heavy atom. The highest BCUT2D eigenvalue weighted by Gasteiger charge is 2.56. The van der Waals surface area contributed by atoms with Gasteiger partial charge in [0, 0.05) is 36.5 Å². The summed E-state index contributed by atoms with van der Waals surface area (Å²) >= 11 is 0. The van der Waals surface area contributed by atoms with Crippen molar-refractivity contribution in [3.8, 4) is 12.3 Å². The zero-order valence-electron chi connectivity index (χ0n) is 23.8. The molecule has 1 heterocycles. The second-order valence-electron chi connectivity index (χ2n) is 13.3. The summed E-state index contributed by atoms with van der Waals surface area (Å²) in [4.78, 5) is 14.6. The molecule has 5 aliphatic rings. The number of ether oxygens (including phenoxy) is 1. The molecular formula is C34H45NO3. The number of hydrogen-bond donors (Lipinski definition) is 1. The summed E-state index contributed by atoms with van der Waals surface area (Å²) in [6.45, 7) is 11.9. The molecule has 0 amide bonds. The fraction of sp³-hybridized carbons (Fsp3) is 0.618. The van der Waals surface area contributed by atoms with Crippen LogP contribution in [0.25, 0.3) is 0 Å². The summed E-state index contributed by atoms with van der Waals surface area (Å²) in [6.07, 6.45) is 13.6.